The molecule has 1 aliphatic carbocycles. The van der Waals surface area contributed by atoms with Crippen LogP contribution in [0.1, 0.15) is 30.1 Å². The van der Waals surface area contributed by atoms with Crippen molar-refractivity contribution in [2.45, 2.75) is 42.3 Å². The lowest BCUT2D eigenvalue weighted by atomic mass is 10.1. The number of H-pyrrole nitrogens is 1. The Bertz CT molecular complexity index is 755. The summed E-state index contributed by atoms with van der Waals surface area (Å²) >= 11 is 1.29. The van der Waals surface area contributed by atoms with E-state index < -0.39 is 5.25 Å². The zero-order chi connectivity index (χ0) is 17.6. The molecule has 2 N–H and O–H groups in total. The number of benzene rings is 1. The lowest BCUT2D eigenvalue weighted by molar-refractivity contribution is -0.120. The molecule has 1 aromatic heterocycles. The second-order valence-electron chi connectivity index (χ2n) is 6.00. The Kier molecular flexibility index (Phi) is 5.93. The van der Waals surface area contributed by atoms with Crippen LogP contribution in [0.4, 0.5) is 0 Å². The number of thioether (sulfide) groups is 1. The first kappa shape index (κ1) is 17.8. The Labute approximate surface area is 150 Å². The van der Waals surface area contributed by atoms with Crippen molar-refractivity contribution in [1.82, 2.24) is 20.1 Å². The van der Waals surface area contributed by atoms with Crippen LogP contribution in [0, 0.1) is 0 Å². The van der Waals surface area contributed by atoms with E-state index in [2.05, 4.69) is 15.5 Å². The zero-order valence-electron chi connectivity index (χ0n) is 14.1. The molecule has 1 aliphatic rings. The van der Waals surface area contributed by atoms with E-state index in [0.29, 0.717) is 24.7 Å². The van der Waals surface area contributed by atoms with Gasteiger partial charge in [-0.2, -0.15) is 0 Å². The van der Waals surface area contributed by atoms with Gasteiger partial charge in [0.05, 0.1) is 0 Å². The predicted octanol–water partition coefficient (Wildman–Crippen LogP) is 1.72. The molecule has 0 spiro atoms. The number of ether oxygens (including phenoxy) is 1. The number of methoxy groups -OCH3 is 1. The van der Waals surface area contributed by atoms with Crippen molar-refractivity contribution >= 4 is 17.7 Å². The number of rotatable bonds is 9. The summed E-state index contributed by atoms with van der Waals surface area (Å²) in [5, 5.41) is 9.70. The van der Waals surface area contributed by atoms with Crippen LogP contribution in [-0.2, 0) is 16.1 Å². The summed E-state index contributed by atoms with van der Waals surface area (Å²) in [6, 6.07) is 9.85. The summed E-state index contributed by atoms with van der Waals surface area (Å²) in [6.07, 6.45) is 2.76. The van der Waals surface area contributed by atoms with E-state index >= 15 is 0 Å². The summed E-state index contributed by atoms with van der Waals surface area (Å²) in [7, 11) is 1.63. The predicted molar refractivity (Wildman–Crippen MR) is 95.5 cm³/mol. The number of nitrogens with one attached hydrogen (secondary N) is 2. The Morgan fingerprint density at radius 2 is 2.20 bits per heavy atom. The van der Waals surface area contributed by atoms with E-state index in [1.807, 2.05) is 30.3 Å². The molecule has 3 rings (SSSR count). The molecule has 8 heteroatoms. The fraction of sp³-hybridized carbons (Fsp3) is 0.471. The molecule has 7 nitrogen and oxygen atoms in total. The Balaban J connectivity index is 1.80. The molecule has 1 aromatic carbocycles. The highest BCUT2D eigenvalue weighted by Crippen LogP contribution is 2.35. The maximum atomic E-state index is 12.7. The van der Waals surface area contributed by atoms with Crippen molar-refractivity contribution in [3.05, 3.63) is 46.4 Å². The molecule has 2 aromatic rings. The second kappa shape index (κ2) is 8.35. The summed E-state index contributed by atoms with van der Waals surface area (Å²) in [4.78, 5) is 24.7. The molecular formula is C17H22N4O3S. The van der Waals surface area contributed by atoms with Crippen LogP contribution >= 0.6 is 11.8 Å². The third-order valence-electron chi connectivity index (χ3n) is 3.94. The monoisotopic (exact) mass is 362 g/mol. The number of aromatic nitrogens is 3. The molecule has 0 bridgehead atoms. The Hall–Kier alpha value is -2.06. The summed E-state index contributed by atoms with van der Waals surface area (Å²) in [5.41, 5.74) is 0.623. The normalized spacial score (nSPS) is 15.1. The van der Waals surface area contributed by atoms with Crippen molar-refractivity contribution in [3.63, 3.8) is 0 Å². The van der Waals surface area contributed by atoms with Crippen molar-refractivity contribution < 1.29 is 9.53 Å². The van der Waals surface area contributed by atoms with E-state index in [-0.39, 0.29) is 17.6 Å². The number of carbonyl (C=O) groups excluding carboxylic acids is 1. The molecule has 0 radical (unpaired) electrons. The van der Waals surface area contributed by atoms with Crippen LogP contribution in [0.2, 0.25) is 0 Å². The van der Waals surface area contributed by atoms with Gasteiger partial charge >= 0.3 is 5.69 Å². The van der Waals surface area contributed by atoms with Crippen molar-refractivity contribution in [2.24, 2.45) is 0 Å². The average Bonchev–Trinajstić information content (AvgIpc) is 3.37. The first-order valence-electron chi connectivity index (χ1n) is 8.35. The van der Waals surface area contributed by atoms with Gasteiger partial charge in [-0.25, -0.2) is 9.89 Å². The number of hydrogen-bond donors (Lipinski definition) is 2. The van der Waals surface area contributed by atoms with Gasteiger partial charge in [0.15, 0.2) is 5.16 Å². The van der Waals surface area contributed by atoms with Crippen molar-refractivity contribution in [1.29, 1.82) is 0 Å². The van der Waals surface area contributed by atoms with Gasteiger partial charge in [0.25, 0.3) is 0 Å². The first-order chi connectivity index (χ1) is 12.2. The second-order valence-corrected chi connectivity index (χ2v) is 7.07. The minimum atomic E-state index is -0.446. The lowest BCUT2D eigenvalue weighted by Gasteiger charge is -2.16. The maximum Gasteiger partial charge on any atom is 0.343 e. The molecule has 0 unspecified atom stereocenters. The number of aromatic amines is 1. The Morgan fingerprint density at radius 1 is 1.44 bits per heavy atom. The van der Waals surface area contributed by atoms with Gasteiger partial charge < -0.3 is 10.1 Å². The highest BCUT2D eigenvalue weighted by molar-refractivity contribution is 8.00. The quantitative estimate of drug-likeness (QED) is 0.524. The van der Waals surface area contributed by atoms with Crippen LogP contribution in [-0.4, -0.2) is 40.4 Å². The Morgan fingerprint density at radius 3 is 2.88 bits per heavy atom. The number of nitrogens with zero attached hydrogens (tertiary/aromatic N) is 2. The van der Waals surface area contributed by atoms with E-state index in [0.717, 1.165) is 18.4 Å². The van der Waals surface area contributed by atoms with Crippen molar-refractivity contribution in [2.75, 3.05) is 13.7 Å². The van der Waals surface area contributed by atoms with Gasteiger partial charge in [0.1, 0.15) is 5.25 Å². The van der Waals surface area contributed by atoms with Gasteiger partial charge in [0, 0.05) is 26.3 Å². The highest BCUT2D eigenvalue weighted by atomic mass is 32.2. The molecule has 134 valence electrons. The standard InChI is InChI=1S/C17H22N4O3S/c1-24-11-5-10-21-16(23)19-20-17(21)25-14(12-6-3-2-4-7-12)15(22)18-13-8-9-13/h2-4,6-7,13-14H,5,8-11H2,1H3,(H,18,22)(H,19,23)/t14-/m1/s1. The minimum Gasteiger partial charge on any atom is -0.385 e. The van der Waals surface area contributed by atoms with Gasteiger partial charge in [-0.1, -0.05) is 42.1 Å². The summed E-state index contributed by atoms with van der Waals surface area (Å²) < 4.78 is 6.60. The summed E-state index contributed by atoms with van der Waals surface area (Å²) in [5.74, 6) is -0.0439. The van der Waals surface area contributed by atoms with Crippen LogP contribution in [0.5, 0.6) is 0 Å². The third kappa shape index (κ3) is 4.73. The maximum absolute atomic E-state index is 12.7. The zero-order valence-corrected chi connectivity index (χ0v) is 14.9. The van der Waals surface area contributed by atoms with Crippen molar-refractivity contribution in [3.8, 4) is 0 Å². The van der Waals surface area contributed by atoms with Crippen LogP contribution in [0.3, 0.4) is 0 Å². The number of amides is 1. The molecule has 1 heterocycles. The summed E-state index contributed by atoms with van der Waals surface area (Å²) in [6.45, 7) is 1.06. The van der Waals surface area contributed by atoms with E-state index in [4.69, 9.17) is 4.74 Å². The van der Waals surface area contributed by atoms with Crippen LogP contribution < -0.4 is 11.0 Å². The fourth-order valence-corrected chi connectivity index (χ4v) is 3.55. The van der Waals surface area contributed by atoms with Gasteiger partial charge in [-0.15, -0.1) is 5.10 Å². The molecule has 0 saturated heterocycles. The molecule has 1 amide bonds. The topological polar surface area (TPSA) is 89.0 Å². The van der Waals surface area contributed by atoms with Gasteiger partial charge in [-0.05, 0) is 24.8 Å². The van der Waals surface area contributed by atoms with E-state index in [1.165, 1.54) is 11.8 Å². The molecule has 0 aliphatic heterocycles. The van der Waals surface area contributed by atoms with Crippen LogP contribution in [0.15, 0.2) is 40.3 Å². The SMILES string of the molecule is COCCCn1c(S[C@@H](C(=O)NC2CC2)c2ccccc2)n[nH]c1=O. The average molecular weight is 362 g/mol. The van der Waals surface area contributed by atoms with E-state index in [9.17, 15) is 9.59 Å². The minimum absolute atomic E-state index is 0.0439. The highest BCUT2D eigenvalue weighted by Gasteiger charge is 2.30. The fourth-order valence-electron chi connectivity index (χ4n) is 2.47. The largest absolute Gasteiger partial charge is 0.385 e. The number of hydrogen-bond acceptors (Lipinski definition) is 5. The molecule has 1 atom stereocenters. The molecule has 1 saturated carbocycles. The smallest absolute Gasteiger partial charge is 0.343 e. The third-order valence-corrected chi connectivity index (χ3v) is 5.19. The molecule has 1 fully saturated rings. The van der Waals surface area contributed by atoms with Crippen LogP contribution in [0.25, 0.3) is 0 Å². The van der Waals surface area contributed by atoms with Gasteiger partial charge in [0.2, 0.25) is 5.91 Å². The van der Waals surface area contributed by atoms with Gasteiger partial charge in [-0.3, -0.25) is 9.36 Å². The molecular weight excluding hydrogens is 340 g/mol. The van der Waals surface area contributed by atoms with E-state index in [1.54, 1.807) is 11.7 Å². The first-order valence-corrected chi connectivity index (χ1v) is 9.23. The lowest BCUT2D eigenvalue weighted by Crippen LogP contribution is -2.30. The molecule has 25 heavy (non-hydrogen) atoms. The number of carbonyl (C=O) groups is 1.